The van der Waals surface area contributed by atoms with Crippen LogP contribution in [0.5, 0.6) is 0 Å². The highest BCUT2D eigenvalue weighted by Crippen LogP contribution is 2.23. The van der Waals surface area contributed by atoms with Gasteiger partial charge in [0.15, 0.2) is 5.84 Å². The van der Waals surface area contributed by atoms with Crippen molar-refractivity contribution in [1.29, 1.82) is 0 Å². The number of hydrogen-bond donors (Lipinski definition) is 0. The van der Waals surface area contributed by atoms with Gasteiger partial charge in [0.2, 0.25) is 0 Å². The fourth-order valence-electron chi connectivity index (χ4n) is 1.68. The van der Waals surface area contributed by atoms with E-state index in [2.05, 4.69) is 76.7 Å². The molecular weight excluding hydrogens is 301 g/mol. The Hall–Kier alpha value is -0.520. The van der Waals surface area contributed by atoms with Gasteiger partial charge >= 0.3 is 0 Å². The van der Waals surface area contributed by atoms with Crippen LogP contribution >= 0.6 is 22.6 Å². The molecule has 0 aliphatic carbocycles. The largest absolute Gasteiger partial charge is 0.312 e. The molecule has 0 aromatic rings. The lowest BCUT2D eigenvalue weighted by molar-refractivity contribution is 0.185. The molecule has 2 rings (SSSR count). The molecule has 0 saturated heterocycles. The predicted octanol–water partition coefficient (Wildman–Crippen LogP) is 2.77. The topological polar surface area (TPSA) is 18.8 Å². The minimum Gasteiger partial charge on any atom is -0.312 e. The van der Waals surface area contributed by atoms with Gasteiger partial charge in [0, 0.05) is 16.3 Å². The van der Waals surface area contributed by atoms with E-state index in [1.807, 2.05) is 0 Å². The second kappa shape index (κ2) is 3.81. The van der Waals surface area contributed by atoms with Crippen LogP contribution in [-0.2, 0) is 0 Å². The van der Waals surface area contributed by atoms with E-state index in [1.54, 1.807) is 0 Å². The van der Waals surface area contributed by atoms with Crippen molar-refractivity contribution in [2.75, 3.05) is 13.2 Å². The lowest BCUT2D eigenvalue weighted by atomic mass is 9.97. The highest BCUT2D eigenvalue weighted by molar-refractivity contribution is 14.1. The summed E-state index contributed by atoms with van der Waals surface area (Å²) in [5.74, 6) is 1.06. The van der Waals surface area contributed by atoms with E-state index in [0.717, 1.165) is 19.0 Å². The van der Waals surface area contributed by atoms with Gasteiger partial charge in [0.25, 0.3) is 0 Å². The van der Waals surface area contributed by atoms with Crippen LogP contribution in [0.2, 0.25) is 0 Å². The summed E-state index contributed by atoms with van der Waals surface area (Å²) in [6.45, 7) is 8.58. The molecule has 0 aromatic heterocycles. The van der Waals surface area contributed by atoms with Crippen LogP contribution in [0.25, 0.3) is 0 Å². The van der Waals surface area contributed by atoms with E-state index in [4.69, 9.17) is 0 Å². The second-order valence-corrected chi connectivity index (χ2v) is 6.39. The van der Waals surface area contributed by atoms with Crippen molar-refractivity contribution in [3.8, 4) is 0 Å². The number of nitrogens with zero attached hydrogens (tertiary/aromatic N) is 3. The fourth-order valence-corrected chi connectivity index (χ4v) is 2.12. The zero-order valence-corrected chi connectivity index (χ0v) is 11.5. The minimum absolute atomic E-state index is 0.291. The third-order valence-corrected chi connectivity index (χ3v) is 2.86. The number of rotatable bonds is 1. The third-order valence-electron chi connectivity index (χ3n) is 2.19. The van der Waals surface area contributed by atoms with E-state index in [0.29, 0.717) is 5.41 Å². The average molecular weight is 317 g/mol. The summed E-state index contributed by atoms with van der Waals surface area (Å²) < 4.78 is 1.24. The first kappa shape index (κ1) is 11.0. The van der Waals surface area contributed by atoms with Gasteiger partial charge in [-0.05, 0) is 40.2 Å². The van der Waals surface area contributed by atoms with Gasteiger partial charge in [-0.15, -0.1) is 0 Å². The van der Waals surface area contributed by atoms with Crippen LogP contribution < -0.4 is 0 Å². The maximum atomic E-state index is 4.59. The van der Waals surface area contributed by atoms with Crippen molar-refractivity contribution in [2.24, 2.45) is 10.5 Å². The molecule has 0 saturated carbocycles. The van der Waals surface area contributed by atoms with Gasteiger partial charge in [0.05, 0.1) is 0 Å². The third kappa shape index (κ3) is 2.74. The molecule has 0 fully saturated rings. The molecule has 0 unspecified atom stereocenters. The number of allylic oxidation sites excluding steroid dienone is 2. The average Bonchev–Trinajstić information content (AvgIpc) is 2.42. The zero-order valence-electron chi connectivity index (χ0n) is 9.37. The van der Waals surface area contributed by atoms with Crippen molar-refractivity contribution in [1.82, 2.24) is 9.91 Å². The first-order valence-electron chi connectivity index (χ1n) is 5.10. The zero-order chi connectivity index (χ0) is 11.1. The predicted molar refractivity (Wildman–Crippen MR) is 71.5 cm³/mol. The quantitative estimate of drug-likeness (QED) is 0.693. The van der Waals surface area contributed by atoms with Gasteiger partial charge in [0.1, 0.15) is 6.67 Å². The monoisotopic (exact) mass is 317 g/mol. The number of amidine groups is 1. The Kier molecular flexibility index (Phi) is 2.79. The van der Waals surface area contributed by atoms with Crippen molar-refractivity contribution >= 4 is 28.4 Å². The first-order valence-corrected chi connectivity index (χ1v) is 6.17. The summed E-state index contributed by atoms with van der Waals surface area (Å²) >= 11 is 2.32. The Morgan fingerprint density at radius 1 is 1.47 bits per heavy atom. The Morgan fingerprint density at radius 3 is 2.87 bits per heavy atom. The highest BCUT2D eigenvalue weighted by Gasteiger charge is 2.24. The first-order chi connectivity index (χ1) is 6.94. The van der Waals surface area contributed by atoms with Crippen molar-refractivity contribution in [3.05, 3.63) is 21.9 Å². The highest BCUT2D eigenvalue weighted by atomic mass is 127. The summed E-state index contributed by atoms with van der Waals surface area (Å²) in [5, 5.41) is 6.72. The molecule has 15 heavy (non-hydrogen) atoms. The molecule has 0 bridgehead atoms. The fraction of sp³-hybridized carbons (Fsp3) is 0.545. The van der Waals surface area contributed by atoms with Crippen LogP contribution in [-0.4, -0.2) is 29.0 Å². The lowest BCUT2D eigenvalue weighted by Gasteiger charge is -2.25. The van der Waals surface area contributed by atoms with E-state index in [9.17, 15) is 0 Å². The summed E-state index contributed by atoms with van der Waals surface area (Å²) in [6.07, 6.45) is 6.33. The van der Waals surface area contributed by atoms with Crippen molar-refractivity contribution < 1.29 is 0 Å². The summed E-state index contributed by atoms with van der Waals surface area (Å²) in [4.78, 5) is 2.17. The van der Waals surface area contributed by atoms with Crippen LogP contribution in [0.15, 0.2) is 27.0 Å². The van der Waals surface area contributed by atoms with Gasteiger partial charge in [-0.25, -0.2) is 0 Å². The molecule has 2 aliphatic heterocycles. The van der Waals surface area contributed by atoms with Crippen molar-refractivity contribution in [2.45, 2.75) is 20.8 Å². The second-order valence-electron chi connectivity index (χ2n) is 5.14. The molecule has 0 atom stereocenters. The Bertz CT molecular complexity index is 349. The Morgan fingerprint density at radius 2 is 2.20 bits per heavy atom. The molecular formula is C11H16IN3. The van der Waals surface area contributed by atoms with Crippen LogP contribution in [0.1, 0.15) is 20.8 Å². The van der Waals surface area contributed by atoms with Crippen LogP contribution in [0, 0.1) is 5.41 Å². The molecule has 0 radical (unpaired) electrons. The molecule has 0 spiro atoms. The SMILES string of the molecule is CC(C)(C)CN1CN2C=CC(I)=CC2=N1. The lowest BCUT2D eigenvalue weighted by Crippen LogP contribution is -2.31. The smallest absolute Gasteiger partial charge is 0.155 e. The van der Waals surface area contributed by atoms with Crippen LogP contribution in [0.4, 0.5) is 0 Å². The van der Waals surface area contributed by atoms with E-state index < -0.39 is 0 Å². The molecule has 0 aromatic carbocycles. The Labute approximate surface area is 105 Å². The standard InChI is InChI=1S/C11H16IN3/c1-11(2,3)7-15-8-14-5-4-9(12)6-10(14)13-15/h4-6H,7-8H2,1-3H3. The Balaban J connectivity index is 2.08. The summed E-state index contributed by atoms with van der Waals surface area (Å²) in [5.41, 5.74) is 0.291. The number of fused-ring (bicyclic) bond motifs is 1. The normalized spacial score (nSPS) is 20.3. The molecule has 2 aliphatic rings. The maximum Gasteiger partial charge on any atom is 0.155 e. The van der Waals surface area contributed by atoms with E-state index in [1.165, 1.54) is 3.58 Å². The summed E-state index contributed by atoms with van der Waals surface area (Å²) in [6, 6.07) is 0. The van der Waals surface area contributed by atoms with Crippen molar-refractivity contribution in [3.63, 3.8) is 0 Å². The number of halogens is 1. The van der Waals surface area contributed by atoms with E-state index >= 15 is 0 Å². The summed E-state index contributed by atoms with van der Waals surface area (Å²) in [7, 11) is 0. The molecule has 4 heteroatoms. The van der Waals surface area contributed by atoms with Crippen LogP contribution in [0.3, 0.4) is 0 Å². The molecule has 82 valence electrons. The molecule has 3 nitrogen and oxygen atoms in total. The van der Waals surface area contributed by atoms with Gasteiger partial charge in [-0.3, -0.25) is 5.01 Å². The number of hydrogen-bond acceptors (Lipinski definition) is 3. The molecule has 2 heterocycles. The molecule has 0 N–H and O–H groups in total. The minimum atomic E-state index is 0.291. The van der Waals surface area contributed by atoms with Gasteiger partial charge < -0.3 is 4.90 Å². The van der Waals surface area contributed by atoms with Gasteiger partial charge in [-0.1, -0.05) is 20.8 Å². The van der Waals surface area contributed by atoms with Gasteiger partial charge in [-0.2, -0.15) is 5.10 Å². The van der Waals surface area contributed by atoms with E-state index in [-0.39, 0.29) is 0 Å². The maximum absolute atomic E-state index is 4.59. The molecule has 0 amide bonds. The number of hydrazone groups is 1.